The molecular weight excluding hydrogens is 280 g/mol. The Morgan fingerprint density at radius 3 is 2.57 bits per heavy atom. The average Bonchev–Trinajstić information content (AvgIpc) is 2.47. The molecule has 0 amide bonds. The van der Waals surface area contributed by atoms with Crippen LogP contribution in [0, 0.1) is 11.8 Å². The van der Waals surface area contributed by atoms with Crippen molar-refractivity contribution < 1.29 is 0 Å². The molecule has 4 unspecified atom stereocenters. The Labute approximate surface area is 134 Å². The SMILES string of the molecule is CNC1CCC(C)CC1CN(C)C(C)c1ccc(Cl)cc1. The molecular formula is C18H29ClN2. The van der Waals surface area contributed by atoms with Crippen molar-refractivity contribution in [2.24, 2.45) is 11.8 Å². The monoisotopic (exact) mass is 308 g/mol. The van der Waals surface area contributed by atoms with Crippen molar-refractivity contribution in [3.63, 3.8) is 0 Å². The van der Waals surface area contributed by atoms with Crippen LogP contribution in [0.5, 0.6) is 0 Å². The van der Waals surface area contributed by atoms with Crippen molar-refractivity contribution in [2.75, 3.05) is 20.6 Å². The van der Waals surface area contributed by atoms with E-state index < -0.39 is 0 Å². The van der Waals surface area contributed by atoms with Crippen LogP contribution in [-0.2, 0) is 0 Å². The molecule has 1 aliphatic carbocycles. The number of nitrogens with zero attached hydrogens (tertiary/aromatic N) is 1. The molecule has 1 aliphatic rings. The maximum atomic E-state index is 5.98. The number of halogens is 1. The lowest BCUT2D eigenvalue weighted by molar-refractivity contribution is 0.143. The van der Waals surface area contributed by atoms with Gasteiger partial charge in [0.2, 0.25) is 0 Å². The molecule has 0 radical (unpaired) electrons. The van der Waals surface area contributed by atoms with Crippen LogP contribution in [-0.4, -0.2) is 31.6 Å². The van der Waals surface area contributed by atoms with Gasteiger partial charge in [0, 0.05) is 23.7 Å². The van der Waals surface area contributed by atoms with Crippen molar-refractivity contribution in [3.8, 4) is 0 Å². The van der Waals surface area contributed by atoms with E-state index in [1.807, 2.05) is 12.1 Å². The van der Waals surface area contributed by atoms with E-state index in [1.165, 1.54) is 24.8 Å². The zero-order chi connectivity index (χ0) is 15.4. The first kappa shape index (κ1) is 16.8. The molecule has 1 N–H and O–H groups in total. The second-order valence-electron chi connectivity index (χ2n) is 6.74. The molecule has 0 aliphatic heterocycles. The zero-order valence-corrected chi connectivity index (χ0v) is 14.5. The fourth-order valence-electron chi connectivity index (χ4n) is 3.60. The zero-order valence-electron chi connectivity index (χ0n) is 13.8. The molecule has 4 atom stereocenters. The van der Waals surface area contributed by atoms with E-state index in [0.717, 1.165) is 23.4 Å². The van der Waals surface area contributed by atoms with Crippen LogP contribution in [0.3, 0.4) is 0 Å². The van der Waals surface area contributed by atoms with Crippen molar-refractivity contribution in [1.82, 2.24) is 10.2 Å². The van der Waals surface area contributed by atoms with Crippen LogP contribution >= 0.6 is 11.6 Å². The van der Waals surface area contributed by atoms with Gasteiger partial charge in [-0.05, 0) is 69.8 Å². The third kappa shape index (κ3) is 4.45. The van der Waals surface area contributed by atoms with Gasteiger partial charge in [0.1, 0.15) is 0 Å². The van der Waals surface area contributed by atoms with E-state index in [1.54, 1.807) is 0 Å². The molecule has 0 bridgehead atoms. The molecule has 2 nitrogen and oxygen atoms in total. The fraction of sp³-hybridized carbons (Fsp3) is 0.667. The third-order valence-electron chi connectivity index (χ3n) is 5.15. The minimum Gasteiger partial charge on any atom is -0.317 e. The molecule has 0 spiro atoms. The van der Waals surface area contributed by atoms with Crippen LogP contribution in [0.2, 0.25) is 5.02 Å². The minimum atomic E-state index is 0.428. The Hall–Kier alpha value is -0.570. The van der Waals surface area contributed by atoms with Gasteiger partial charge in [-0.1, -0.05) is 30.7 Å². The van der Waals surface area contributed by atoms with Gasteiger partial charge in [-0.3, -0.25) is 4.90 Å². The molecule has 1 aromatic carbocycles. The van der Waals surface area contributed by atoms with Gasteiger partial charge in [0.05, 0.1) is 0 Å². The molecule has 21 heavy (non-hydrogen) atoms. The maximum Gasteiger partial charge on any atom is 0.0406 e. The lowest BCUT2D eigenvalue weighted by atomic mass is 9.78. The van der Waals surface area contributed by atoms with Crippen LogP contribution in [0.25, 0.3) is 0 Å². The van der Waals surface area contributed by atoms with Crippen LogP contribution in [0.1, 0.15) is 44.7 Å². The summed E-state index contributed by atoms with van der Waals surface area (Å²) in [6.07, 6.45) is 4.01. The lowest BCUT2D eigenvalue weighted by Crippen LogP contribution is -2.44. The van der Waals surface area contributed by atoms with Crippen molar-refractivity contribution in [2.45, 2.75) is 45.2 Å². The normalized spacial score (nSPS) is 27.8. The summed E-state index contributed by atoms with van der Waals surface area (Å²) in [5.74, 6) is 1.61. The largest absolute Gasteiger partial charge is 0.317 e. The Balaban J connectivity index is 1.98. The van der Waals surface area contributed by atoms with Gasteiger partial charge in [-0.15, -0.1) is 0 Å². The molecule has 3 heteroatoms. The number of nitrogens with one attached hydrogen (secondary N) is 1. The molecule has 0 saturated heterocycles. The Morgan fingerprint density at radius 1 is 1.29 bits per heavy atom. The molecule has 0 aromatic heterocycles. The molecule has 1 aromatic rings. The highest BCUT2D eigenvalue weighted by atomic mass is 35.5. The summed E-state index contributed by atoms with van der Waals surface area (Å²) < 4.78 is 0. The number of rotatable bonds is 5. The number of hydrogen-bond donors (Lipinski definition) is 1. The Bertz CT molecular complexity index is 431. The second-order valence-corrected chi connectivity index (χ2v) is 7.18. The van der Waals surface area contributed by atoms with Crippen molar-refractivity contribution in [1.29, 1.82) is 0 Å². The number of benzene rings is 1. The van der Waals surface area contributed by atoms with Gasteiger partial charge >= 0.3 is 0 Å². The van der Waals surface area contributed by atoms with Crippen LogP contribution < -0.4 is 5.32 Å². The molecule has 118 valence electrons. The fourth-order valence-corrected chi connectivity index (χ4v) is 3.73. The van der Waals surface area contributed by atoms with E-state index in [0.29, 0.717) is 12.1 Å². The topological polar surface area (TPSA) is 15.3 Å². The number of hydrogen-bond acceptors (Lipinski definition) is 2. The van der Waals surface area contributed by atoms with Crippen LogP contribution in [0.15, 0.2) is 24.3 Å². The molecule has 1 saturated carbocycles. The lowest BCUT2D eigenvalue weighted by Gasteiger charge is -2.38. The van der Waals surface area contributed by atoms with E-state index >= 15 is 0 Å². The summed E-state index contributed by atoms with van der Waals surface area (Å²) in [7, 11) is 4.35. The highest BCUT2D eigenvalue weighted by Crippen LogP contribution is 2.31. The Kier molecular flexibility index (Phi) is 6.09. The standard InChI is InChI=1S/C18H29ClN2/c1-13-5-10-18(20-3)16(11-13)12-21(4)14(2)15-6-8-17(19)9-7-15/h6-9,13-14,16,18,20H,5,10-12H2,1-4H3. The maximum absolute atomic E-state index is 5.98. The van der Waals surface area contributed by atoms with Crippen molar-refractivity contribution >= 4 is 11.6 Å². The van der Waals surface area contributed by atoms with E-state index in [-0.39, 0.29) is 0 Å². The van der Waals surface area contributed by atoms with Gasteiger partial charge in [-0.25, -0.2) is 0 Å². The molecule has 0 heterocycles. The van der Waals surface area contributed by atoms with Crippen LogP contribution in [0.4, 0.5) is 0 Å². The second kappa shape index (κ2) is 7.62. The molecule has 1 fully saturated rings. The summed E-state index contributed by atoms with van der Waals surface area (Å²) in [6, 6.07) is 9.35. The highest BCUT2D eigenvalue weighted by Gasteiger charge is 2.29. The minimum absolute atomic E-state index is 0.428. The summed E-state index contributed by atoms with van der Waals surface area (Å²) in [5, 5.41) is 4.33. The van der Waals surface area contributed by atoms with Gasteiger partial charge < -0.3 is 5.32 Å². The van der Waals surface area contributed by atoms with Crippen molar-refractivity contribution in [3.05, 3.63) is 34.9 Å². The first-order valence-electron chi connectivity index (χ1n) is 8.14. The first-order valence-corrected chi connectivity index (χ1v) is 8.52. The summed E-state index contributed by atoms with van der Waals surface area (Å²) >= 11 is 5.98. The van der Waals surface area contributed by atoms with E-state index in [4.69, 9.17) is 11.6 Å². The third-order valence-corrected chi connectivity index (χ3v) is 5.40. The summed E-state index contributed by atoms with van der Waals surface area (Å²) in [5.41, 5.74) is 1.34. The predicted octanol–water partition coefficient (Wildman–Crippen LogP) is 4.36. The Morgan fingerprint density at radius 2 is 1.95 bits per heavy atom. The predicted molar refractivity (Wildman–Crippen MR) is 91.8 cm³/mol. The van der Waals surface area contributed by atoms with Gasteiger partial charge in [0.15, 0.2) is 0 Å². The summed E-state index contributed by atoms with van der Waals surface area (Å²) in [4.78, 5) is 2.48. The molecule has 2 rings (SSSR count). The first-order chi connectivity index (χ1) is 10.0. The quantitative estimate of drug-likeness (QED) is 0.869. The summed E-state index contributed by atoms with van der Waals surface area (Å²) in [6.45, 7) is 5.82. The smallest absolute Gasteiger partial charge is 0.0406 e. The van der Waals surface area contributed by atoms with Gasteiger partial charge in [0.25, 0.3) is 0 Å². The average molecular weight is 309 g/mol. The van der Waals surface area contributed by atoms with E-state index in [9.17, 15) is 0 Å². The van der Waals surface area contributed by atoms with E-state index in [2.05, 4.69) is 50.3 Å². The highest BCUT2D eigenvalue weighted by molar-refractivity contribution is 6.30. The van der Waals surface area contributed by atoms with Gasteiger partial charge in [-0.2, -0.15) is 0 Å².